The van der Waals surface area contributed by atoms with Crippen molar-refractivity contribution in [3.05, 3.63) is 17.8 Å². The lowest BCUT2D eigenvalue weighted by Gasteiger charge is -2.43. The van der Waals surface area contributed by atoms with Crippen molar-refractivity contribution in [1.29, 1.82) is 5.26 Å². The third-order valence-electron chi connectivity index (χ3n) is 4.30. The van der Waals surface area contributed by atoms with Gasteiger partial charge in [-0.2, -0.15) is 5.26 Å². The molecule has 2 aliphatic heterocycles. The Morgan fingerprint density at radius 2 is 2.32 bits per heavy atom. The summed E-state index contributed by atoms with van der Waals surface area (Å²) in [6.45, 7) is 5.44. The summed E-state index contributed by atoms with van der Waals surface area (Å²) in [5.74, 6) is 0.776. The van der Waals surface area contributed by atoms with E-state index in [1.807, 2.05) is 0 Å². The molecule has 1 aromatic rings. The van der Waals surface area contributed by atoms with Crippen LogP contribution in [0, 0.1) is 11.3 Å². The van der Waals surface area contributed by atoms with Gasteiger partial charge in [0.05, 0.1) is 11.3 Å². The SMILES string of the molecule is CC1CN2CCCC2CN1c1nccc(C#N)c1N. The van der Waals surface area contributed by atoms with Crippen LogP contribution in [0.25, 0.3) is 0 Å². The van der Waals surface area contributed by atoms with Crippen molar-refractivity contribution in [3.63, 3.8) is 0 Å². The number of aromatic nitrogens is 1. The van der Waals surface area contributed by atoms with Crippen LogP contribution in [0.5, 0.6) is 0 Å². The molecule has 0 amide bonds. The summed E-state index contributed by atoms with van der Waals surface area (Å²) < 4.78 is 0. The predicted molar refractivity (Wildman–Crippen MR) is 74.8 cm³/mol. The zero-order valence-electron chi connectivity index (χ0n) is 11.2. The van der Waals surface area contributed by atoms with Crippen LogP contribution < -0.4 is 10.6 Å². The average Bonchev–Trinajstić information content (AvgIpc) is 2.85. The molecule has 5 heteroatoms. The maximum atomic E-state index is 9.07. The Morgan fingerprint density at radius 3 is 3.11 bits per heavy atom. The van der Waals surface area contributed by atoms with Gasteiger partial charge >= 0.3 is 0 Å². The molecule has 0 aliphatic carbocycles. The molecule has 0 radical (unpaired) electrons. The molecule has 0 bridgehead atoms. The lowest BCUT2D eigenvalue weighted by Crippen LogP contribution is -2.55. The van der Waals surface area contributed by atoms with Crippen molar-refractivity contribution in [2.24, 2.45) is 0 Å². The predicted octanol–water partition coefficient (Wildman–Crippen LogP) is 1.21. The van der Waals surface area contributed by atoms with E-state index in [1.54, 1.807) is 12.3 Å². The van der Waals surface area contributed by atoms with E-state index in [4.69, 9.17) is 11.0 Å². The van der Waals surface area contributed by atoms with Gasteiger partial charge in [-0.25, -0.2) is 4.98 Å². The van der Waals surface area contributed by atoms with Crippen LogP contribution in [0.4, 0.5) is 11.5 Å². The van der Waals surface area contributed by atoms with Gasteiger partial charge < -0.3 is 10.6 Å². The Morgan fingerprint density at radius 1 is 1.47 bits per heavy atom. The molecule has 2 N–H and O–H groups in total. The Labute approximate surface area is 113 Å². The second kappa shape index (κ2) is 4.71. The third kappa shape index (κ3) is 2.02. The van der Waals surface area contributed by atoms with Gasteiger partial charge in [-0.3, -0.25) is 4.90 Å². The van der Waals surface area contributed by atoms with Crippen LogP contribution in [-0.2, 0) is 0 Å². The maximum absolute atomic E-state index is 9.07. The molecule has 2 unspecified atom stereocenters. The van der Waals surface area contributed by atoms with Gasteiger partial charge in [-0.05, 0) is 32.4 Å². The summed E-state index contributed by atoms with van der Waals surface area (Å²) in [4.78, 5) is 9.23. The van der Waals surface area contributed by atoms with Crippen molar-refractivity contribution in [2.75, 3.05) is 30.3 Å². The summed E-state index contributed by atoms with van der Waals surface area (Å²) in [5.41, 5.74) is 7.12. The minimum atomic E-state index is 0.387. The smallest absolute Gasteiger partial charge is 0.153 e. The summed E-state index contributed by atoms with van der Waals surface area (Å²) in [6, 6.07) is 4.81. The molecular formula is C14H19N5. The number of nitriles is 1. The largest absolute Gasteiger partial charge is 0.395 e. The Balaban J connectivity index is 1.91. The van der Waals surface area contributed by atoms with E-state index in [9.17, 15) is 0 Å². The first-order valence-electron chi connectivity index (χ1n) is 6.86. The molecule has 100 valence electrons. The minimum absolute atomic E-state index is 0.387. The zero-order chi connectivity index (χ0) is 13.4. The van der Waals surface area contributed by atoms with Gasteiger partial charge in [0.1, 0.15) is 6.07 Å². The monoisotopic (exact) mass is 257 g/mol. The molecule has 1 aromatic heterocycles. The zero-order valence-corrected chi connectivity index (χ0v) is 11.2. The maximum Gasteiger partial charge on any atom is 0.153 e. The summed E-state index contributed by atoms with van der Waals surface area (Å²) >= 11 is 0. The fourth-order valence-electron chi connectivity index (χ4n) is 3.27. The number of fused-ring (bicyclic) bond motifs is 1. The van der Waals surface area contributed by atoms with Crippen LogP contribution in [-0.4, -0.2) is 41.6 Å². The van der Waals surface area contributed by atoms with E-state index in [0.29, 0.717) is 23.3 Å². The summed E-state index contributed by atoms with van der Waals surface area (Å²) in [5, 5.41) is 9.07. The average molecular weight is 257 g/mol. The first-order chi connectivity index (χ1) is 9.20. The normalized spacial score (nSPS) is 27.1. The van der Waals surface area contributed by atoms with Crippen molar-refractivity contribution in [3.8, 4) is 6.07 Å². The molecule has 2 aliphatic rings. The molecule has 2 saturated heterocycles. The Bertz CT molecular complexity index is 521. The highest BCUT2D eigenvalue weighted by atomic mass is 15.3. The van der Waals surface area contributed by atoms with E-state index < -0.39 is 0 Å². The molecule has 19 heavy (non-hydrogen) atoms. The molecule has 3 rings (SSSR count). The Kier molecular flexibility index (Phi) is 3.03. The van der Waals surface area contributed by atoms with E-state index in [2.05, 4.69) is 27.8 Å². The van der Waals surface area contributed by atoms with Crippen LogP contribution >= 0.6 is 0 Å². The van der Waals surface area contributed by atoms with Crippen LogP contribution in [0.1, 0.15) is 25.3 Å². The highest BCUT2D eigenvalue weighted by molar-refractivity contribution is 5.70. The first-order valence-corrected chi connectivity index (χ1v) is 6.86. The molecule has 0 spiro atoms. The summed E-state index contributed by atoms with van der Waals surface area (Å²) in [7, 11) is 0. The number of rotatable bonds is 1. The molecule has 3 heterocycles. The second-order valence-corrected chi connectivity index (χ2v) is 5.50. The molecule has 0 aromatic carbocycles. The topological polar surface area (TPSA) is 69.2 Å². The van der Waals surface area contributed by atoms with Gasteiger partial charge in [-0.1, -0.05) is 0 Å². The summed E-state index contributed by atoms with van der Waals surface area (Å²) in [6.07, 6.45) is 4.21. The minimum Gasteiger partial charge on any atom is -0.395 e. The number of anilines is 2. The lowest BCUT2D eigenvalue weighted by atomic mass is 10.1. The van der Waals surface area contributed by atoms with Gasteiger partial charge in [-0.15, -0.1) is 0 Å². The van der Waals surface area contributed by atoms with Crippen molar-refractivity contribution >= 4 is 11.5 Å². The highest BCUT2D eigenvalue weighted by Gasteiger charge is 2.35. The number of hydrogen-bond acceptors (Lipinski definition) is 5. The Hall–Kier alpha value is -1.80. The standard InChI is InChI=1S/C14H19N5/c1-10-8-18-6-2-3-12(18)9-19(10)14-13(16)11(7-15)4-5-17-14/h4-5,10,12H,2-3,6,8-9,16H2,1H3. The van der Waals surface area contributed by atoms with Crippen molar-refractivity contribution in [1.82, 2.24) is 9.88 Å². The number of piperazine rings is 1. The lowest BCUT2D eigenvalue weighted by molar-refractivity contribution is 0.202. The number of nitrogens with zero attached hydrogens (tertiary/aromatic N) is 4. The van der Waals surface area contributed by atoms with Crippen LogP contribution in [0.15, 0.2) is 12.3 Å². The van der Waals surface area contributed by atoms with E-state index in [-0.39, 0.29) is 0 Å². The van der Waals surface area contributed by atoms with Gasteiger partial charge in [0.15, 0.2) is 5.82 Å². The fraction of sp³-hybridized carbons (Fsp3) is 0.571. The molecule has 2 fully saturated rings. The van der Waals surface area contributed by atoms with Gasteiger partial charge in [0, 0.05) is 31.4 Å². The number of pyridine rings is 1. The van der Waals surface area contributed by atoms with Gasteiger partial charge in [0.2, 0.25) is 0 Å². The van der Waals surface area contributed by atoms with Crippen LogP contribution in [0.2, 0.25) is 0 Å². The fourth-order valence-corrected chi connectivity index (χ4v) is 3.27. The van der Waals surface area contributed by atoms with Gasteiger partial charge in [0.25, 0.3) is 0 Å². The van der Waals surface area contributed by atoms with Crippen LogP contribution in [0.3, 0.4) is 0 Å². The second-order valence-electron chi connectivity index (χ2n) is 5.50. The van der Waals surface area contributed by atoms with E-state index in [1.165, 1.54) is 19.4 Å². The number of nitrogen functional groups attached to an aromatic ring is 1. The molecule has 0 saturated carbocycles. The van der Waals surface area contributed by atoms with E-state index in [0.717, 1.165) is 18.9 Å². The third-order valence-corrected chi connectivity index (χ3v) is 4.30. The molecule has 5 nitrogen and oxygen atoms in total. The molecule has 2 atom stereocenters. The quantitative estimate of drug-likeness (QED) is 0.819. The highest BCUT2D eigenvalue weighted by Crippen LogP contribution is 2.31. The first kappa shape index (κ1) is 12.2. The van der Waals surface area contributed by atoms with E-state index >= 15 is 0 Å². The van der Waals surface area contributed by atoms with Crippen molar-refractivity contribution < 1.29 is 0 Å². The molecular weight excluding hydrogens is 238 g/mol. The van der Waals surface area contributed by atoms with Crippen molar-refractivity contribution in [2.45, 2.75) is 31.8 Å². The number of nitrogens with two attached hydrogens (primary N) is 1. The number of hydrogen-bond donors (Lipinski definition) is 1.